The number of carbonyl (C=O) groups excluding carboxylic acids is 1. The zero-order chi connectivity index (χ0) is 19.1. The molecule has 2 fully saturated rings. The van der Waals surface area contributed by atoms with Crippen LogP contribution in [0.4, 0.5) is 0 Å². The minimum absolute atomic E-state index is 0.00817. The molecule has 0 unspecified atom stereocenters. The van der Waals surface area contributed by atoms with Crippen LogP contribution in [0.3, 0.4) is 0 Å². The molecule has 144 valence electrons. The van der Waals surface area contributed by atoms with Crippen molar-refractivity contribution in [3.63, 3.8) is 0 Å². The number of amides is 1. The van der Waals surface area contributed by atoms with E-state index in [1.54, 1.807) is 23.9 Å². The largest absolute Gasteiger partial charge is 0.339 e. The number of nitrogens with one attached hydrogen (secondary N) is 1. The third-order valence-corrected chi connectivity index (χ3v) is 6.14. The molecule has 0 aromatic carbocycles. The zero-order valence-corrected chi connectivity index (χ0v) is 17.1. The second-order valence-electron chi connectivity index (χ2n) is 7.33. The van der Waals surface area contributed by atoms with Gasteiger partial charge < -0.3 is 9.47 Å². The maximum atomic E-state index is 12.6. The molecule has 1 saturated carbocycles. The SMILES string of the molecule is Cc1nn(C)c(Cl)c1/C=C/C(=O)N1CCC(c2n[nH]c(=S)n2C2CC2)CC1. The fourth-order valence-electron chi connectivity index (χ4n) is 3.74. The van der Waals surface area contributed by atoms with Crippen molar-refractivity contribution in [2.24, 2.45) is 7.05 Å². The number of halogens is 1. The van der Waals surface area contributed by atoms with Crippen LogP contribution in [0.5, 0.6) is 0 Å². The third kappa shape index (κ3) is 3.60. The monoisotopic (exact) mass is 406 g/mol. The van der Waals surface area contributed by atoms with Gasteiger partial charge in [-0.05, 0) is 50.9 Å². The van der Waals surface area contributed by atoms with Crippen molar-refractivity contribution in [2.45, 2.75) is 44.6 Å². The molecule has 2 aliphatic rings. The van der Waals surface area contributed by atoms with Crippen molar-refractivity contribution < 1.29 is 4.79 Å². The van der Waals surface area contributed by atoms with Crippen LogP contribution in [0.2, 0.25) is 5.15 Å². The van der Waals surface area contributed by atoms with Crippen LogP contribution in [0, 0.1) is 11.7 Å². The standard InChI is InChI=1S/C18H23ClN6OS/c1-11-14(16(19)23(2)22-11)5-6-15(26)24-9-7-12(8-10-24)17-20-21-18(27)25(17)13-3-4-13/h5-6,12-13H,3-4,7-10H2,1-2H3,(H,21,27)/b6-5+. The van der Waals surface area contributed by atoms with E-state index in [2.05, 4.69) is 19.9 Å². The molecule has 1 amide bonds. The van der Waals surface area contributed by atoms with E-state index >= 15 is 0 Å². The third-order valence-electron chi connectivity index (χ3n) is 5.40. The van der Waals surface area contributed by atoms with Gasteiger partial charge in [0.05, 0.1) is 5.69 Å². The Labute approximate surface area is 168 Å². The molecular weight excluding hydrogens is 384 g/mol. The van der Waals surface area contributed by atoms with Gasteiger partial charge in [-0.25, -0.2) is 0 Å². The quantitative estimate of drug-likeness (QED) is 0.624. The van der Waals surface area contributed by atoms with Crippen LogP contribution in [-0.2, 0) is 11.8 Å². The minimum Gasteiger partial charge on any atom is -0.339 e. The second-order valence-corrected chi connectivity index (χ2v) is 8.08. The molecule has 7 nitrogen and oxygen atoms in total. The molecule has 9 heteroatoms. The first-order valence-corrected chi connectivity index (χ1v) is 10.1. The van der Waals surface area contributed by atoms with Crippen LogP contribution < -0.4 is 0 Å². The first-order chi connectivity index (χ1) is 13.0. The molecule has 1 N–H and O–H groups in total. The highest BCUT2D eigenvalue weighted by atomic mass is 35.5. The summed E-state index contributed by atoms with van der Waals surface area (Å²) in [6.07, 6.45) is 7.52. The summed E-state index contributed by atoms with van der Waals surface area (Å²) in [6.45, 7) is 3.32. The molecule has 4 rings (SSSR count). The molecular formula is C18H23ClN6OS. The zero-order valence-electron chi connectivity index (χ0n) is 15.5. The minimum atomic E-state index is 0.00817. The van der Waals surface area contributed by atoms with Gasteiger partial charge in [0.15, 0.2) is 4.77 Å². The molecule has 0 bridgehead atoms. The summed E-state index contributed by atoms with van der Waals surface area (Å²) in [7, 11) is 1.79. The lowest BCUT2D eigenvalue weighted by molar-refractivity contribution is -0.127. The summed E-state index contributed by atoms with van der Waals surface area (Å²) in [6, 6.07) is 0.515. The van der Waals surface area contributed by atoms with Crippen molar-refractivity contribution in [2.75, 3.05) is 13.1 Å². The van der Waals surface area contributed by atoms with Gasteiger partial charge in [0.1, 0.15) is 11.0 Å². The van der Waals surface area contributed by atoms with Gasteiger partial charge in [0.2, 0.25) is 5.91 Å². The van der Waals surface area contributed by atoms with Gasteiger partial charge in [-0.15, -0.1) is 0 Å². The van der Waals surface area contributed by atoms with Crippen molar-refractivity contribution in [3.05, 3.63) is 33.1 Å². The van der Waals surface area contributed by atoms with E-state index in [-0.39, 0.29) is 5.91 Å². The Bertz CT molecular complexity index is 946. The summed E-state index contributed by atoms with van der Waals surface area (Å²) in [4.78, 5) is 14.4. The van der Waals surface area contributed by atoms with E-state index in [1.807, 2.05) is 11.8 Å². The number of H-pyrrole nitrogens is 1. The Morgan fingerprint density at radius 3 is 2.59 bits per heavy atom. The second kappa shape index (κ2) is 7.24. The van der Waals surface area contributed by atoms with Gasteiger partial charge in [-0.2, -0.15) is 10.2 Å². The number of piperidine rings is 1. The summed E-state index contributed by atoms with van der Waals surface area (Å²) in [5, 5.41) is 12.2. The number of aromatic nitrogens is 5. The highest BCUT2D eigenvalue weighted by Crippen LogP contribution is 2.39. The maximum Gasteiger partial charge on any atom is 0.246 e. The first kappa shape index (κ1) is 18.4. The average Bonchev–Trinajstić information content (AvgIpc) is 3.37. The van der Waals surface area contributed by atoms with Crippen molar-refractivity contribution in [1.29, 1.82) is 0 Å². The van der Waals surface area contributed by atoms with E-state index < -0.39 is 0 Å². The number of carbonyl (C=O) groups is 1. The van der Waals surface area contributed by atoms with E-state index in [1.165, 1.54) is 12.8 Å². The average molecular weight is 407 g/mol. The predicted octanol–water partition coefficient (Wildman–Crippen LogP) is 3.39. The lowest BCUT2D eigenvalue weighted by Gasteiger charge is -2.31. The first-order valence-electron chi connectivity index (χ1n) is 9.28. The molecule has 3 heterocycles. The number of likely N-dealkylation sites (tertiary alicyclic amines) is 1. The van der Waals surface area contributed by atoms with Gasteiger partial charge in [0, 0.05) is 43.7 Å². The van der Waals surface area contributed by atoms with E-state index in [0.29, 0.717) is 17.1 Å². The van der Waals surface area contributed by atoms with Gasteiger partial charge >= 0.3 is 0 Å². The molecule has 0 radical (unpaired) electrons. The normalized spacial score (nSPS) is 18.6. The van der Waals surface area contributed by atoms with Crippen LogP contribution >= 0.6 is 23.8 Å². The molecule has 0 spiro atoms. The lowest BCUT2D eigenvalue weighted by Crippen LogP contribution is -2.37. The molecule has 2 aromatic heterocycles. The van der Waals surface area contributed by atoms with Crippen LogP contribution in [0.1, 0.15) is 54.7 Å². The van der Waals surface area contributed by atoms with E-state index in [4.69, 9.17) is 23.8 Å². The van der Waals surface area contributed by atoms with E-state index in [0.717, 1.165) is 47.8 Å². The van der Waals surface area contributed by atoms with Gasteiger partial charge in [-0.1, -0.05) is 11.6 Å². The van der Waals surface area contributed by atoms with Gasteiger partial charge in [-0.3, -0.25) is 14.6 Å². The maximum absolute atomic E-state index is 12.6. The highest BCUT2D eigenvalue weighted by molar-refractivity contribution is 7.71. The number of aromatic amines is 1. The van der Waals surface area contributed by atoms with Gasteiger partial charge in [0.25, 0.3) is 0 Å². The van der Waals surface area contributed by atoms with Crippen LogP contribution in [-0.4, -0.2) is 48.4 Å². The summed E-state index contributed by atoms with van der Waals surface area (Å²) in [5.74, 6) is 1.42. The van der Waals surface area contributed by atoms with Crippen LogP contribution in [0.15, 0.2) is 6.08 Å². The topological polar surface area (TPSA) is 71.7 Å². The molecule has 27 heavy (non-hydrogen) atoms. The molecule has 1 aliphatic heterocycles. The Kier molecular flexibility index (Phi) is 4.94. The fourth-order valence-corrected chi connectivity index (χ4v) is 4.27. The number of hydrogen-bond acceptors (Lipinski definition) is 4. The molecule has 1 saturated heterocycles. The summed E-state index contributed by atoms with van der Waals surface area (Å²) < 4.78 is 4.52. The Hall–Kier alpha value is -1.93. The number of aryl methyl sites for hydroxylation is 2. The van der Waals surface area contributed by atoms with E-state index in [9.17, 15) is 4.79 Å². The summed E-state index contributed by atoms with van der Waals surface area (Å²) in [5.41, 5.74) is 1.61. The predicted molar refractivity (Wildman–Crippen MR) is 106 cm³/mol. The molecule has 0 atom stereocenters. The molecule has 2 aromatic rings. The molecule has 1 aliphatic carbocycles. The summed E-state index contributed by atoms with van der Waals surface area (Å²) >= 11 is 11.6. The van der Waals surface area contributed by atoms with Crippen molar-refractivity contribution in [3.8, 4) is 0 Å². The highest BCUT2D eigenvalue weighted by Gasteiger charge is 2.32. The number of rotatable bonds is 4. The lowest BCUT2D eigenvalue weighted by atomic mass is 9.95. The number of hydrogen-bond donors (Lipinski definition) is 1. The Balaban J connectivity index is 1.40. The Morgan fingerprint density at radius 2 is 2.00 bits per heavy atom. The Morgan fingerprint density at radius 1 is 1.30 bits per heavy atom. The van der Waals surface area contributed by atoms with Crippen molar-refractivity contribution in [1.82, 2.24) is 29.4 Å². The fraction of sp³-hybridized carbons (Fsp3) is 0.556. The van der Waals surface area contributed by atoms with Crippen molar-refractivity contribution >= 4 is 35.8 Å². The smallest absolute Gasteiger partial charge is 0.246 e. The number of nitrogens with zero attached hydrogens (tertiary/aromatic N) is 5. The van der Waals surface area contributed by atoms with Crippen LogP contribution in [0.25, 0.3) is 6.08 Å².